The zero-order valence-corrected chi connectivity index (χ0v) is 16.2. The lowest BCUT2D eigenvalue weighted by Gasteiger charge is -2.45. The lowest BCUT2D eigenvalue weighted by atomic mass is 9.79. The molecule has 2 aromatic rings. The lowest BCUT2D eigenvalue weighted by Crippen LogP contribution is -2.51. The topological polar surface area (TPSA) is 95.4 Å². The van der Waals surface area contributed by atoms with Gasteiger partial charge < -0.3 is 15.3 Å². The SMILES string of the molecule is CC(=O)N1c2ccc(C(=O)O)cc2C(Nc2nccc(C)n2)C(C)C1C1CC1. The van der Waals surface area contributed by atoms with Crippen molar-refractivity contribution in [1.29, 1.82) is 0 Å². The number of rotatable bonds is 4. The van der Waals surface area contributed by atoms with Gasteiger partial charge in [0, 0.05) is 36.5 Å². The van der Waals surface area contributed by atoms with E-state index in [9.17, 15) is 14.7 Å². The van der Waals surface area contributed by atoms with Crippen LogP contribution in [0.4, 0.5) is 11.6 Å². The van der Waals surface area contributed by atoms with Gasteiger partial charge in [0.05, 0.1) is 11.6 Å². The number of nitrogens with zero attached hydrogens (tertiary/aromatic N) is 3. The Morgan fingerprint density at radius 3 is 2.61 bits per heavy atom. The summed E-state index contributed by atoms with van der Waals surface area (Å²) in [6, 6.07) is 6.71. The molecule has 2 N–H and O–H groups in total. The van der Waals surface area contributed by atoms with Crippen molar-refractivity contribution in [2.75, 3.05) is 10.2 Å². The highest BCUT2D eigenvalue weighted by atomic mass is 16.4. The average Bonchev–Trinajstić information content (AvgIpc) is 3.47. The molecule has 7 heteroatoms. The Morgan fingerprint density at radius 1 is 1.25 bits per heavy atom. The number of amides is 1. The number of hydrogen-bond acceptors (Lipinski definition) is 5. The first kappa shape index (κ1) is 18.4. The Hall–Kier alpha value is -2.96. The molecule has 1 aliphatic carbocycles. The molecule has 4 rings (SSSR count). The molecule has 7 nitrogen and oxygen atoms in total. The number of aromatic nitrogens is 2. The van der Waals surface area contributed by atoms with Crippen LogP contribution in [-0.2, 0) is 4.79 Å². The van der Waals surface area contributed by atoms with Crippen molar-refractivity contribution in [3.05, 3.63) is 47.3 Å². The Labute approximate surface area is 163 Å². The van der Waals surface area contributed by atoms with Crippen molar-refractivity contribution in [2.45, 2.75) is 45.7 Å². The number of nitrogens with one attached hydrogen (secondary N) is 1. The zero-order valence-electron chi connectivity index (χ0n) is 16.2. The number of fused-ring (bicyclic) bond motifs is 1. The van der Waals surface area contributed by atoms with Crippen molar-refractivity contribution < 1.29 is 14.7 Å². The maximum Gasteiger partial charge on any atom is 0.335 e. The molecule has 0 bridgehead atoms. The van der Waals surface area contributed by atoms with Gasteiger partial charge in [-0.15, -0.1) is 0 Å². The third kappa shape index (κ3) is 3.21. The normalized spacial score (nSPS) is 23.8. The average molecular weight is 380 g/mol. The van der Waals surface area contributed by atoms with Crippen LogP contribution in [0.2, 0.25) is 0 Å². The van der Waals surface area contributed by atoms with E-state index >= 15 is 0 Å². The number of aryl methyl sites for hydroxylation is 1. The fourth-order valence-electron chi connectivity index (χ4n) is 4.36. The first-order valence-electron chi connectivity index (χ1n) is 9.60. The van der Waals surface area contributed by atoms with E-state index in [0.717, 1.165) is 29.8 Å². The molecule has 28 heavy (non-hydrogen) atoms. The third-order valence-electron chi connectivity index (χ3n) is 5.76. The van der Waals surface area contributed by atoms with Crippen LogP contribution in [0, 0.1) is 18.8 Å². The van der Waals surface area contributed by atoms with E-state index in [1.54, 1.807) is 31.3 Å². The van der Waals surface area contributed by atoms with Gasteiger partial charge in [0.25, 0.3) is 0 Å². The molecular weight excluding hydrogens is 356 g/mol. The quantitative estimate of drug-likeness (QED) is 0.844. The van der Waals surface area contributed by atoms with Crippen molar-refractivity contribution in [3.8, 4) is 0 Å². The molecule has 0 spiro atoms. The Balaban J connectivity index is 1.83. The molecule has 1 aromatic carbocycles. The maximum atomic E-state index is 12.5. The van der Waals surface area contributed by atoms with Crippen LogP contribution in [0.1, 0.15) is 54.3 Å². The van der Waals surface area contributed by atoms with Crippen LogP contribution in [-0.4, -0.2) is 33.0 Å². The summed E-state index contributed by atoms with van der Waals surface area (Å²) in [5, 5.41) is 12.9. The first-order valence-corrected chi connectivity index (χ1v) is 9.60. The van der Waals surface area contributed by atoms with Crippen molar-refractivity contribution in [2.24, 2.45) is 11.8 Å². The second kappa shape index (κ2) is 6.89. The number of carbonyl (C=O) groups excluding carboxylic acids is 1. The summed E-state index contributed by atoms with van der Waals surface area (Å²) in [7, 11) is 0. The van der Waals surface area contributed by atoms with E-state index in [4.69, 9.17) is 0 Å². The van der Waals surface area contributed by atoms with Gasteiger partial charge in [0.15, 0.2) is 0 Å². The monoisotopic (exact) mass is 380 g/mol. The first-order chi connectivity index (χ1) is 13.4. The van der Waals surface area contributed by atoms with Crippen molar-refractivity contribution in [3.63, 3.8) is 0 Å². The predicted octanol–water partition coefficient (Wildman–Crippen LogP) is 3.42. The minimum Gasteiger partial charge on any atom is -0.478 e. The maximum absolute atomic E-state index is 12.5. The van der Waals surface area contributed by atoms with Crippen LogP contribution in [0.15, 0.2) is 30.5 Å². The molecule has 1 saturated carbocycles. The summed E-state index contributed by atoms with van der Waals surface area (Å²) >= 11 is 0. The molecule has 2 aliphatic rings. The highest BCUT2D eigenvalue weighted by Gasteiger charge is 2.47. The van der Waals surface area contributed by atoms with Crippen LogP contribution >= 0.6 is 0 Å². The number of carboxylic acids is 1. The second-order valence-corrected chi connectivity index (χ2v) is 7.80. The van der Waals surface area contributed by atoms with Crippen LogP contribution in [0.3, 0.4) is 0 Å². The molecule has 0 radical (unpaired) electrons. The molecule has 3 atom stereocenters. The molecule has 1 aliphatic heterocycles. The number of hydrogen-bond donors (Lipinski definition) is 2. The summed E-state index contributed by atoms with van der Waals surface area (Å²) in [4.78, 5) is 34.7. The number of aromatic carboxylic acids is 1. The highest BCUT2D eigenvalue weighted by molar-refractivity contribution is 5.96. The van der Waals surface area contributed by atoms with Crippen molar-refractivity contribution >= 4 is 23.5 Å². The van der Waals surface area contributed by atoms with E-state index < -0.39 is 5.97 Å². The number of benzene rings is 1. The molecule has 2 heterocycles. The number of anilines is 2. The largest absolute Gasteiger partial charge is 0.478 e. The van der Waals surface area contributed by atoms with Crippen LogP contribution < -0.4 is 10.2 Å². The highest BCUT2D eigenvalue weighted by Crippen LogP contribution is 2.50. The van der Waals surface area contributed by atoms with E-state index in [2.05, 4.69) is 22.2 Å². The Kier molecular flexibility index (Phi) is 4.53. The fourth-order valence-corrected chi connectivity index (χ4v) is 4.36. The molecule has 146 valence electrons. The summed E-state index contributed by atoms with van der Waals surface area (Å²) in [5.41, 5.74) is 2.63. The van der Waals surface area contributed by atoms with Gasteiger partial charge >= 0.3 is 5.97 Å². The van der Waals surface area contributed by atoms with Crippen LogP contribution in [0.25, 0.3) is 0 Å². The van der Waals surface area contributed by atoms with Gasteiger partial charge in [0.1, 0.15) is 0 Å². The molecule has 0 saturated heterocycles. The third-order valence-corrected chi connectivity index (χ3v) is 5.76. The Morgan fingerprint density at radius 2 is 2.00 bits per heavy atom. The summed E-state index contributed by atoms with van der Waals surface area (Å²) < 4.78 is 0. The smallest absolute Gasteiger partial charge is 0.335 e. The summed E-state index contributed by atoms with van der Waals surface area (Å²) in [5.74, 6) is 0.0540. The van der Waals surface area contributed by atoms with Gasteiger partial charge in [-0.2, -0.15) is 0 Å². The molecular formula is C21H24N4O3. The van der Waals surface area contributed by atoms with Gasteiger partial charge in [-0.1, -0.05) is 6.92 Å². The summed E-state index contributed by atoms with van der Waals surface area (Å²) in [6.45, 7) is 5.59. The zero-order chi connectivity index (χ0) is 20.0. The molecule has 1 aromatic heterocycles. The van der Waals surface area contributed by atoms with E-state index in [1.807, 2.05) is 17.9 Å². The van der Waals surface area contributed by atoms with Crippen LogP contribution in [0.5, 0.6) is 0 Å². The van der Waals surface area contributed by atoms with E-state index in [1.165, 1.54) is 0 Å². The number of carboxylic acid groups (broad SMARTS) is 1. The van der Waals surface area contributed by atoms with E-state index in [0.29, 0.717) is 11.9 Å². The number of carbonyl (C=O) groups is 2. The minimum atomic E-state index is -0.986. The van der Waals surface area contributed by atoms with Gasteiger partial charge in [-0.25, -0.2) is 14.8 Å². The molecule has 1 fully saturated rings. The Bertz CT molecular complexity index is 941. The predicted molar refractivity (Wildman–Crippen MR) is 105 cm³/mol. The van der Waals surface area contributed by atoms with E-state index in [-0.39, 0.29) is 29.5 Å². The van der Waals surface area contributed by atoms with Gasteiger partial charge in [0.2, 0.25) is 11.9 Å². The fraction of sp³-hybridized carbons (Fsp3) is 0.429. The van der Waals surface area contributed by atoms with Gasteiger partial charge in [-0.05, 0) is 55.5 Å². The molecule has 1 amide bonds. The van der Waals surface area contributed by atoms with Crippen molar-refractivity contribution in [1.82, 2.24) is 9.97 Å². The standard InChI is InChI=1S/C21H24N4O3/c1-11-8-9-22-21(23-11)24-18-12(2)19(14-4-5-14)25(13(3)26)17-7-6-15(20(27)28)10-16(17)18/h6-10,12,14,18-19H,4-5H2,1-3H3,(H,27,28)(H,22,23,24). The molecule has 3 unspecified atom stereocenters. The second-order valence-electron chi connectivity index (χ2n) is 7.80. The lowest BCUT2D eigenvalue weighted by molar-refractivity contribution is -0.117. The summed E-state index contributed by atoms with van der Waals surface area (Å²) in [6.07, 6.45) is 3.91. The van der Waals surface area contributed by atoms with Gasteiger partial charge in [-0.3, -0.25) is 4.79 Å². The minimum absolute atomic E-state index is 0.0154.